The third kappa shape index (κ3) is 2.83. The summed E-state index contributed by atoms with van der Waals surface area (Å²) in [6.07, 6.45) is 0. The maximum absolute atomic E-state index is 3.02. The third-order valence-corrected chi connectivity index (χ3v) is 199. The van der Waals surface area contributed by atoms with Crippen LogP contribution in [0.15, 0.2) is 60.7 Å². The molecular weight excluding hydrogens is 485 g/mol. The lowest BCUT2D eigenvalue weighted by atomic mass is 10.4. The van der Waals surface area contributed by atoms with E-state index in [1.165, 1.54) is 0 Å². The molecule has 0 atom stereocenters. The minimum atomic E-state index is -1.88. The number of hydrogen-bond donors (Lipinski definition) is 0. The van der Waals surface area contributed by atoms with Gasteiger partial charge in [0.1, 0.15) is 7.59 Å². The molecular formula is C24H46Si7. The second-order valence-corrected chi connectivity index (χ2v) is 96.5. The quantitative estimate of drug-likeness (QED) is 0.423. The minimum Gasteiger partial charge on any atom is -0.0744 e. The van der Waals surface area contributed by atoms with Crippen LogP contribution in [0.2, 0.25) is 78.6 Å². The summed E-state index contributed by atoms with van der Waals surface area (Å²) in [7, 11) is -8.60. The van der Waals surface area contributed by atoms with Gasteiger partial charge in [-0.2, -0.15) is 0 Å². The van der Waals surface area contributed by atoms with Gasteiger partial charge in [0.05, 0.1) is 0 Å². The van der Waals surface area contributed by atoms with Crippen LogP contribution in [0.5, 0.6) is 0 Å². The highest BCUT2D eigenvalue weighted by Gasteiger charge is 2.81. The van der Waals surface area contributed by atoms with Gasteiger partial charge in [0.15, 0.2) is 0 Å². The summed E-state index contributed by atoms with van der Waals surface area (Å²) >= 11 is 0. The Morgan fingerprint density at radius 2 is 0.677 bits per heavy atom. The van der Waals surface area contributed by atoms with E-state index in [-0.39, 0.29) is 0 Å². The average molecular weight is 531 g/mol. The van der Waals surface area contributed by atoms with E-state index in [1.54, 1.807) is 10.4 Å². The number of hydrogen-bond acceptors (Lipinski definition) is 0. The summed E-state index contributed by atoms with van der Waals surface area (Å²) < 4.78 is 0. The van der Waals surface area contributed by atoms with E-state index in [0.29, 0.717) is 0 Å². The predicted octanol–water partition coefficient (Wildman–Crippen LogP) is 6.06. The molecule has 0 aromatic heterocycles. The maximum atomic E-state index is 3.02. The molecule has 2 aromatic rings. The van der Waals surface area contributed by atoms with Gasteiger partial charge < -0.3 is 0 Å². The minimum absolute atomic E-state index is 1.23. The van der Waals surface area contributed by atoms with Gasteiger partial charge in [-0.05, 0) is 0 Å². The van der Waals surface area contributed by atoms with Gasteiger partial charge in [-0.15, -0.1) is 0 Å². The summed E-state index contributed by atoms with van der Waals surface area (Å²) in [5.41, 5.74) is 0. The van der Waals surface area contributed by atoms with Gasteiger partial charge in [0.25, 0.3) is 0 Å². The second kappa shape index (κ2) is 7.48. The third-order valence-electron chi connectivity index (χ3n) is 12.5. The Morgan fingerprint density at radius 1 is 0.419 bits per heavy atom. The fraction of sp³-hybridized carbons (Fsp3) is 0.500. The van der Waals surface area contributed by atoms with Crippen molar-refractivity contribution in [2.24, 2.45) is 0 Å². The predicted molar refractivity (Wildman–Crippen MR) is 163 cm³/mol. The molecule has 0 spiro atoms. The lowest BCUT2D eigenvalue weighted by Gasteiger charge is -2.76. The first kappa shape index (κ1) is 25.6. The van der Waals surface area contributed by atoms with Gasteiger partial charge in [-0.3, -0.25) is 0 Å². The molecule has 0 unspecified atom stereocenters. The largest absolute Gasteiger partial charge is 0.102 e. The average Bonchev–Trinajstić information content (AvgIpc) is 2.72. The molecule has 1 aliphatic rings. The Morgan fingerprint density at radius 3 is 0.968 bits per heavy atom. The standard InChI is InChI=1S/C24H46Si7/c1-25(2)26(3,4)28(7,8)31(12,29(9,10)27(25,5)6)30(11,23-19-15-13-16-20-23)24-21-17-14-18-22-24/h13-22H,1-12H3. The molecule has 3 rings (SSSR count). The fourth-order valence-corrected chi connectivity index (χ4v) is 322. The van der Waals surface area contributed by atoms with E-state index in [1.807, 2.05) is 0 Å². The summed E-state index contributed by atoms with van der Waals surface area (Å²) in [5, 5.41) is 3.49. The molecule has 1 saturated heterocycles. The van der Waals surface area contributed by atoms with Crippen LogP contribution in [0.25, 0.3) is 0 Å². The van der Waals surface area contributed by atoms with Gasteiger partial charge in [-0.25, -0.2) is 0 Å². The Balaban J connectivity index is 2.53. The van der Waals surface area contributed by atoms with Crippen LogP contribution in [0.1, 0.15) is 0 Å². The first-order chi connectivity index (χ1) is 14.0. The Bertz CT molecular complexity index is 877. The molecule has 0 bridgehead atoms. The molecule has 0 N–H and O–H groups in total. The van der Waals surface area contributed by atoms with E-state index >= 15 is 0 Å². The molecule has 0 amide bonds. The van der Waals surface area contributed by atoms with E-state index in [9.17, 15) is 0 Å². The van der Waals surface area contributed by atoms with Gasteiger partial charge in [0.2, 0.25) is 0 Å². The molecule has 0 radical (unpaired) electrons. The van der Waals surface area contributed by atoms with Crippen molar-refractivity contribution in [1.82, 2.24) is 0 Å². The molecule has 1 fully saturated rings. The summed E-state index contributed by atoms with van der Waals surface area (Å²) in [6.45, 7) is 33.4. The molecule has 2 aromatic carbocycles. The van der Waals surface area contributed by atoms with Crippen LogP contribution in [-0.4, -0.2) is 49.8 Å². The summed E-state index contributed by atoms with van der Waals surface area (Å²) in [4.78, 5) is 0. The number of benzene rings is 2. The van der Waals surface area contributed by atoms with Crippen LogP contribution in [-0.2, 0) is 0 Å². The SMILES string of the molecule is C[Si](c1ccccc1)(c1ccccc1)[Si]1(C)[Si](C)(C)[Si](C)(C)[Si](C)(C)[Si](C)(C)[Si]1(C)C. The Kier molecular flexibility index (Phi) is 6.17. The van der Waals surface area contributed by atoms with Crippen molar-refractivity contribution in [2.45, 2.75) is 78.6 Å². The van der Waals surface area contributed by atoms with Crippen molar-refractivity contribution in [3.8, 4) is 0 Å². The van der Waals surface area contributed by atoms with Crippen LogP contribution in [0.3, 0.4) is 0 Å². The molecule has 7 heteroatoms. The molecule has 170 valence electrons. The molecule has 0 nitrogen and oxygen atoms in total. The van der Waals surface area contributed by atoms with E-state index in [0.717, 1.165) is 0 Å². The first-order valence-corrected chi connectivity index (χ1v) is 39.1. The highest BCUT2D eigenvalue weighted by molar-refractivity contribution is 8.21. The van der Waals surface area contributed by atoms with E-state index < -0.39 is 49.8 Å². The first-order valence-electron chi connectivity index (χ1n) is 12.1. The monoisotopic (exact) mass is 530 g/mol. The lowest BCUT2D eigenvalue weighted by Crippen LogP contribution is -3.07. The van der Waals surface area contributed by atoms with Crippen molar-refractivity contribution < 1.29 is 0 Å². The van der Waals surface area contributed by atoms with Crippen LogP contribution in [0.4, 0.5) is 0 Å². The van der Waals surface area contributed by atoms with Crippen LogP contribution >= 0.6 is 0 Å². The number of rotatable bonds is 3. The zero-order valence-corrected chi connectivity index (χ0v) is 29.3. The lowest BCUT2D eigenvalue weighted by molar-refractivity contribution is 1.69. The van der Waals surface area contributed by atoms with E-state index in [2.05, 4.69) is 139 Å². The second-order valence-electron chi connectivity index (χ2n) is 13.1. The van der Waals surface area contributed by atoms with Crippen molar-refractivity contribution >= 4 is 60.1 Å². The smallest absolute Gasteiger partial charge is 0.0744 e. The van der Waals surface area contributed by atoms with Crippen LogP contribution < -0.4 is 10.4 Å². The van der Waals surface area contributed by atoms with Gasteiger partial charge >= 0.3 is 0 Å². The van der Waals surface area contributed by atoms with Crippen molar-refractivity contribution in [2.75, 3.05) is 0 Å². The molecule has 0 aliphatic carbocycles. The molecule has 0 saturated carbocycles. The molecule has 1 heterocycles. The fourth-order valence-electron chi connectivity index (χ4n) is 7.91. The van der Waals surface area contributed by atoms with E-state index in [4.69, 9.17) is 0 Å². The summed E-state index contributed by atoms with van der Waals surface area (Å²) in [5.74, 6) is 0. The normalized spacial score (nSPS) is 25.0. The maximum Gasteiger partial charge on any atom is 0.102 e. The highest BCUT2D eigenvalue weighted by Crippen LogP contribution is 2.54. The highest BCUT2D eigenvalue weighted by atomic mass is 30.3. The Labute approximate surface area is 198 Å². The van der Waals surface area contributed by atoms with Crippen LogP contribution in [0, 0.1) is 0 Å². The Hall–Kier alpha value is -0.0418. The zero-order chi connectivity index (χ0) is 23.7. The topological polar surface area (TPSA) is 0 Å². The van der Waals surface area contributed by atoms with Crippen molar-refractivity contribution in [3.63, 3.8) is 0 Å². The molecule has 31 heavy (non-hydrogen) atoms. The summed E-state index contributed by atoms with van der Waals surface area (Å²) in [6, 6.07) is 23.9. The van der Waals surface area contributed by atoms with Crippen molar-refractivity contribution in [3.05, 3.63) is 60.7 Å². The van der Waals surface area contributed by atoms with Gasteiger partial charge in [-0.1, -0.05) is 150 Å². The molecule has 1 aliphatic heterocycles. The zero-order valence-electron chi connectivity index (χ0n) is 22.3. The van der Waals surface area contributed by atoms with Crippen molar-refractivity contribution in [1.29, 1.82) is 0 Å². The van der Waals surface area contributed by atoms with Gasteiger partial charge in [0, 0.05) is 42.2 Å².